The number of likely N-dealkylation sites (N-methyl/N-ethyl adjacent to an activating group) is 1. The van der Waals surface area contributed by atoms with Gasteiger partial charge in [-0.2, -0.15) is 9.78 Å². The molecule has 0 spiro atoms. The number of imidazole rings is 1. The molecule has 0 unspecified atom stereocenters. The molecule has 2 heterocycles. The summed E-state index contributed by atoms with van der Waals surface area (Å²) in [6, 6.07) is 14.1. The van der Waals surface area contributed by atoms with E-state index in [-0.39, 0.29) is 23.4 Å². The van der Waals surface area contributed by atoms with Gasteiger partial charge in [0.05, 0.1) is 29.5 Å². The number of nitrogens with one attached hydrogen (secondary N) is 2. The lowest BCUT2D eigenvalue weighted by Crippen LogP contribution is -2.32. The van der Waals surface area contributed by atoms with Gasteiger partial charge in [0, 0.05) is 17.8 Å². The fourth-order valence-electron chi connectivity index (χ4n) is 2.92. The summed E-state index contributed by atoms with van der Waals surface area (Å²) in [5.74, 6) is -0.0184. The largest absolute Gasteiger partial charge is 0.363 e. The highest BCUT2D eigenvalue weighted by atomic mass is 35.5. The van der Waals surface area contributed by atoms with E-state index >= 15 is 0 Å². The van der Waals surface area contributed by atoms with E-state index < -0.39 is 5.56 Å². The SMILES string of the molecule is CN(CC(=O)Nc1ccc(Cl)cc1)c1cnn(-c2nc3ccccc3[nH]2)c(=O)c1Cl. The zero-order valence-corrected chi connectivity index (χ0v) is 17.3. The minimum Gasteiger partial charge on any atom is -0.363 e. The Bertz CT molecular complexity index is 1250. The molecule has 2 aromatic heterocycles. The van der Waals surface area contributed by atoms with Crippen molar-refractivity contribution in [2.75, 3.05) is 23.8 Å². The van der Waals surface area contributed by atoms with Crippen LogP contribution < -0.4 is 15.8 Å². The second-order valence-corrected chi connectivity index (χ2v) is 7.36. The van der Waals surface area contributed by atoms with Crippen molar-refractivity contribution in [3.63, 3.8) is 0 Å². The van der Waals surface area contributed by atoms with Crippen molar-refractivity contribution in [1.82, 2.24) is 19.7 Å². The number of aromatic nitrogens is 4. The number of carbonyl (C=O) groups excluding carboxylic acids is 1. The number of hydrogen-bond acceptors (Lipinski definition) is 5. The second kappa shape index (κ2) is 8.17. The fraction of sp³-hybridized carbons (Fsp3) is 0.100. The first kappa shape index (κ1) is 19.9. The van der Waals surface area contributed by atoms with Gasteiger partial charge in [-0.3, -0.25) is 9.59 Å². The highest BCUT2D eigenvalue weighted by Gasteiger charge is 2.17. The number of para-hydroxylation sites is 2. The number of fused-ring (bicyclic) bond motifs is 1. The van der Waals surface area contributed by atoms with Crippen LogP contribution in [0.2, 0.25) is 10.0 Å². The van der Waals surface area contributed by atoms with Crippen LogP contribution >= 0.6 is 23.2 Å². The summed E-state index contributed by atoms with van der Waals surface area (Å²) >= 11 is 12.1. The molecular weight excluding hydrogens is 427 g/mol. The Balaban J connectivity index is 1.54. The summed E-state index contributed by atoms with van der Waals surface area (Å²) in [5.41, 5.74) is 1.88. The molecule has 4 rings (SSSR count). The molecule has 0 saturated heterocycles. The Labute approximate surface area is 181 Å². The number of amides is 1. The number of halogens is 2. The average Bonchev–Trinajstić information content (AvgIpc) is 3.15. The van der Waals surface area contributed by atoms with Gasteiger partial charge in [0.25, 0.3) is 5.56 Å². The molecule has 0 aliphatic rings. The number of aromatic amines is 1. The van der Waals surface area contributed by atoms with Crippen molar-refractivity contribution in [3.05, 3.63) is 75.1 Å². The van der Waals surface area contributed by atoms with E-state index in [4.69, 9.17) is 23.2 Å². The first-order valence-electron chi connectivity index (χ1n) is 8.92. The maximum absolute atomic E-state index is 12.7. The highest BCUT2D eigenvalue weighted by Crippen LogP contribution is 2.21. The zero-order chi connectivity index (χ0) is 21.3. The number of rotatable bonds is 5. The summed E-state index contributed by atoms with van der Waals surface area (Å²) in [7, 11) is 1.65. The van der Waals surface area contributed by atoms with Crippen LogP contribution in [0.5, 0.6) is 0 Å². The Hall–Kier alpha value is -3.36. The van der Waals surface area contributed by atoms with Gasteiger partial charge in [-0.25, -0.2) is 4.98 Å². The Morgan fingerprint density at radius 2 is 1.90 bits per heavy atom. The summed E-state index contributed by atoms with van der Waals surface area (Å²) in [5, 5.41) is 7.43. The Morgan fingerprint density at radius 3 is 2.63 bits per heavy atom. The van der Waals surface area contributed by atoms with Crippen LogP contribution in [0.3, 0.4) is 0 Å². The fourth-order valence-corrected chi connectivity index (χ4v) is 3.31. The van der Waals surface area contributed by atoms with Crippen LogP contribution in [-0.4, -0.2) is 39.2 Å². The lowest BCUT2D eigenvalue weighted by molar-refractivity contribution is -0.114. The molecule has 0 fully saturated rings. The van der Waals surface area contributed by atoms with Crippen LogP contribution in [0.15, 0.2) is 59.5 Å². The van der Waals surface area contributed by atoms with Crippen molar-refractivity contribution in [1.29, 1.82) is 0 Å². The maximum Gasteiger partial charge on any atom is 0.295 e. The van der Waals surface area contributed by atoms with Gasteiger partial charge in [0.1, 0.15) is 5.02 Å². The number of nitrogens with zero attached hydrogens (tertiary/aromatic N) is 4. The standard InChI is InChI=1S/C20H16Cl2N6O2/c1-27(11-17(29)24-13-8-6-12(21)7-9-13)16-10-23-28(19(30)18(16)22)20-25-14-4-2-3-5-15(14)26-20/h2-10H,11H2,1H3,(H,24,29)(H,25,26). The van der Waals surface area contributed by atoms with Gasteiger partial charge in [-0.05, 0) is 36.4 Å². The van der Waals surface area contributed by atoms with Gasteiger partial charge in [0.2, 0.25) is 11.9 Å². The van der Waals surface area contributed by atoms with Crippen LogP contribution in [-0.2, 0) is 4.79 Å². The van der Waals surface area contributed by atoms with Crippen LogP contribution in [0.4, 0.5) is 11.4 Å². The highest BCUT2D eigenvalue weighted by molar-refractivity contribution is 6.33. The molecule has 4 aromatic rings. The molecule has 0 bridgehead atoms. The molecule has 10 heteroatoms. The number of benzene rings is 2. The van der Waals surface area contributed by atoms with Crippen LogP contribution in [0.1, 0.15) is 0 Å². The smallest absolute Gasteiger partial charge is 0.295 e. The molecular formula is C20H16Cl2N6O2. The summed E-state index contributed by atoms with van der Waals surface area (Å²) in [6.45, 7) is -0.0296. The van der Waals surface area contributed by atoms with Gasteiger partial charge < -0.3 is 15.2 Å². The molecule has 1 amide bonds. The Kier molecular flexibility index (Phi) is 5.43. The molecule has 8 nitrogen and oxygen atoms in total. The third-order valence-corrected chi connectivity index (χ3v) is 5.01. The molecule has 0 atom stereocenters. The van der Waals surface area contributed by atoms with Crippen molar-refractivity contribution in [2.24, 2.45) is 0 Å². The van der Waals surface area contributed by atoms with Crippen molar-refractivity contribution >= 4 is 51.5 Å². The third kappa shape index (κ3) is 4.00. The topological polar surface area (TPSA) is 95.9 Å². The summed E-state index contributed by atoms with van der Waals surface area (Å²) < 4.78 is 1.09. The first-order chi connectivity index (χ1) is 14.4. The second-order valence-electron chi connectivity index (χ2n) is 6.55. The van der Waals surface area contributed by atoms with Gasteiger partial charge >= 0.3 is 0 Å². The zero-order valence-electron chi connectivity index (χ0n) is 15.8. The van der Waals surface area contributed by atoms with Crippen molar-refractivity contribution < 1.29 is 4.79 Å². The number of hydrogen-bond donors (Lipinski definition) is 2. The maximum atomic E-state index is 12.7. The number of H-pyrrole nitrogens is 1. The number of carbonyl (C=O) groups is 1. The van der Waals surface area contributed by atoms with E-state index in [0.29, 0.717) is 21.9 Å². The van der Waals surface area contributed by atoms with Crippen LogP contribution in [0, 0.1) is 0 Å². The predicted molar refractivity (Wildman–Crippen MR) is 118 cm³/mol. The number of anilines is 2. The lowest BCUT2D eigenvalue weighted by Gasteiger charge is -2.19. The van der Waals surface area contributed by atoms with E-state index in [9.17, 15) is 9.59 Å². The minimum absolute atomic E-state index is 0.0296. The molecule has 30 heavy (non-hydrogen) atoms. The summed E-state index contributed by atoms with van der Waals surface area (Å²) in [6.07, 6.45) is 1.42. The normalized spacial score (nSPS) is 10.9. The van der Waals surface area contributed by atoms with Crippen LogP contribution in [0.25, 0.3) is 17.0 Å². The van der Waals surface area contributed by atoms with E-state index in [2.05, 4.69) is 20.4 Å². The van der Waals surface area contributed by atoms with Gasteiger partial charge in [-0.15, -0.1) is 0 Å². The molecule has 152 valence electrons. The van der Waals surface area contributed by atoms with E-state index in [1.54, 1.807) is 36.2 Å². The molecule has 2 N–H and O–H groups in total. The molecule has 0 radical (unpaired) electrons. The Morgan fingerprint density at radius 1 is 1.17 bits per heavy atom. The molecule has 2 aromatic carbocycles. The predicted octanol–water partition coefficient (Wildman–Crippen LogP) is 3.49. The summed E-state index contributed by atoms with van der Waals surface area (Å²) in [4.78, 5) is 34.0. The van der Waals surface area contributed by atoms with E-state index in [0.717, 1.165) is 10.2 Å². The van der Waals surface area contributed by atoms with E-state index in [1.165, 1.54) is 6.20 Å². The van der Waals surface area contributed by atoms with E-state index in [1.807, 2.05) is 24.3 Å². The average molecular weight is 443 g/mol. The van der Waals surface area contributed by atoms with Gasteiger partial charge in [-0.1, -0.05) is 35.3 Å². The monoisotopic (exact) mass is 442 g/mol. The molecule has 0 aliphatic carbocycles. The van der Waals surface area contributed by atoms with Crippen molar-refractivity contribution in [3.8, 4) is 5.95 Å². The molecule has 0 aliphatic heterocycles. The quantitative estimate of drug-likeness (QED) is 0.493. The first-order valence-corrected chi connectivity index (χ1v) is 9.67. The molecule has 0 saturated carbocycles. The van der Waals surface area contributed by atoms with Crippen molar-refractivity contribution in [2.45, 2.75) is 0 Å². The minimum atomic E-state index is -0.543. The third-order valence-electron chi connectivity index (χ3n) is 4.40. The van der Waals surface area contributed by atoms with Gasteiger partial charge in [0.15, 0.2) is 0 Å². The lowest BCUT2D eigenvalue weighted by atomic mass is 10.3.